The van der Waals surface area contributed by atoms with Gasteiger partial charge in [0.25, 0.3) is 0 Å². The van der Waals surface area contributed by atoms with E-state index in [1.165, 1.54) is 27.1 Å². The number of rotatable bonds is 5. The molecule has 0 aromatic rings. The SMILES string of the molecule is CCCCC/C=C/C(=N/C(=O)OC)OC. The van der Waals surface area contributed by atoms with Crippen LogP contribution >= 0.6 is 0 Å². The molecule has 0 saturated carbocycles. The first kappa shape index (κ1) is 13.7. The summed E-state index contributed by atoms with van der Waals surface area (Å²) >= 11 is 0. The van der Waals surface area contributed by atoms with E-state index in [2.05, 4.69) is 16.7 Å². The van der Waals surface area contributed by atoms with Gasteiger partial charge in [-0.3, -0.25) is 0 Å². The van der Waals surface area contributed by atoms with Gasteiger partial charge in [0.15, 0.2) is 0 Å². The normalized spacial score (nSPS) is 11.8. The van der Waals surface area contributed by atoms with Gasteiger partial charge in [-0.25, -0.2) is 4.79 Å². The Bertz CT molecular complexity index is 234. The topological polar surface area (TPSA) is 47.9 Å². The molecule has 0 aromatic heterocycles. The maximum Gasteiger partial charge on any atom is 0.436 e. The number of amides is 1. The predicted octanol–water partition coefficient (Wildman–Crippen LogP) is 2.93. The van der Waals surface area contributed by atoms with Crippen LogP contribution in [0.5, 0.6) is 0 Å². The van der Waals surface area contributed by atoms with Gasteiger partial charge in [-0.15, -0.1) is 4.99 Å². The number of hydrogen-bond acceptors (Lipinski definition) is 3. The molecule has 86 valence electrons. The van der Waals surface area contributed by atoms with Crippen LogP contribution in [0.1, 0.15) is 32.6 Å². The van der Waals surface area contributed by atoms with E-state index in [4.69, 9.17) is 4.74 Å². The molecule has 0 saturated heterocycles. The Morgan fingerprint density at radius 2 is 2.00 bits per heavy atom. The molecule has 0 unspecified atom stereocenters. The van der Waals surface area contributed by atoms with Crippen molar-refractivity contribution in [3.8, 4) is 0 Å². The number of allylic oxidation sites excluding steroid dienone is 1. The highest BCUT2D eigenvalue weighted by atomic mass is 16.5. The second-order valence-corrected chi connectivity index (χ2v) is 3.02. The molecular weight excluding hydrogens is 194 g/mol. The van der Waals surface area contributed by atoms with Crippen molar-refractivity contribution in [2.24, 2.45) is 4.99 Å². The largest absolute Gasteiger partial charge is 0.481 e. The van der Waals surface area contributed by atoms with Gasteiger partial charge in [-0.05, 0) is 18.9 Å². The minimum absolute atomic E-state index is 0.276. The Balaban J connectivity index is 3.98. The third-order valence-corrected chi connectivity index (χ3v) is 1.82. The van der Waals surface area contributed by atoms with E-state index in [1.807, 2.05) is 6.08 Å². The van der Waals surface area contributed by atoms with E-state index < -0.39 is 6.09 Å². The average Bonchev–Trinajstić information content (AvgIpc) is 2.26. The van der Waals surface area contributed by atoms with Crippen LogP contribution in [0.3, 0.4) is 0 Å². The van der Waals surface area contributed by atoms with Crippen molar-refractivity contribution in [3.63, 3.8) is 0 Å². The van der Waals surface area contributed by atoms with Gasteiger partial charge in [0, 0.05) is 0 Å². The van der Waals surface area contributed by atoms with Gasteiger partial charge in [0.2, 0.25) is 5.90 Å². The number of carbonyl (C=O) groups is 1. The number of aliphatic imine (C=N–C) groups is 1. The Morgan fingerprint density at radius 1 is 1.27 bits per heavy atom. The number of carbonyl (C=O) groups excluding carboxylic acids is 1. The Kier molecular flexibility index (Phi) is 8.43. The fourth-order valence-electron chi connectivity index (χ4n) is 0.983. The maximum atomic E-state index is 10.8. The van der Waals surface area contributed by atoms with E-state index in [-0.39, 0.29) is 5.90 Å². The summed E-state index contributed by atoms with van der Waals surface area (Å²) in [5.74, 6) is 0.276. The molecule has 0 fully saturated rings. The highest BCUT2D eigenvalue weighted by Gasteiger charge is 1.98. The van der Waals surface area contributed by atoms with Gasteiger partial charge in [-0.2, -0.15) is 0 Å². The second kappa shape index (κ2) is 9.24. The first-order chi connectivity index (χ1) is 7.24. The van der Waals surface area contributed by atoms with Crippen molar-refractivity contribution in [3.05, 3.63) is 12.2 Å². The third kappa shape index (κ3) is 7.73. The molecule has 0 aromatic carbocycles. The summed E-state index contributed by atoms with van der Waals surface area (Å²) in [5.41, 5.74) is 0. The summed E-state index contributed by atoms with van der Waals surface area (Å²) < 4.78 is 9.28. The lowest BCUT2D eigenvalue weighted by Crippen LogP contribution is -2.02. The molecule has 15 heavy (non-hydrogen) atoms. The smallest absolute Gasteiger partial charge is 0.436 e. The molecule has 1 amide bonds. The van der Waals surface area contributed by atoms with Gasteiger partial charge in [0.05, 0.1) is 14.2 Å². The number of ether oxygens (including phenoxy) is 2. The minimum atomic E-state index is -0.648. The molecule has 0 atom stereocenters. The average molecular weight is 213 g/mol. The first-order valence-electron chi connectivity index (χ1n) is 5.11. The number of hydrogen-bond donors (Lipinski definition) is 0. The van der Waals surface area contributed by atoms with Crippen LogP contribution in [0.4, 0.5) is 4.79 Å². The van der Waals surface area contributed by atoms with Crippen LogP contribution in [0, 0.1) is 0 Å². The Morgan fingerprint density at radius 3 is 2.53 bits per heavy atom. The van der Waals surface area contributed by atoms with E-state index in [0.717, 1.165) is 12.8 Å². The fourth-order valence-corrected chi connectivity index (χ4v) is 0.983. The Hall–Kier alpha value is -1.32. The standard InChI is InChI=1S/C11H19NO3/c1-4-5-6-7-8-9-10(14-2)12-11(13)15-3/h8-9H,4-7H2,1-3H3/b9-8+,12-10-. The van der Waals surface area contributed by atoms with Crippen LogP contribution in [-0.4, -0.2) is 26.2 Å². The first-order valence-corrected chi connectivity index (χ1v) is 5.11. The highest BCUT2D eigenvalue weighted by molar-refractivity contribution is 5.95. The predicted molar refractivity (Wildman–Crippen MR) is 60.1 cm³/mol. The van der Waals surface area contributed by atoms with Crippen LogP contribution < -0.4 is 0 Å². The summed E-state index contributed by atoms with van der Waals surface area (Å²) in [6, 6.07) is 0. The summed E-state index contributed by atoms with van der Waals surface area (Å²) in [4.78, 5) is 14.4. The van der Waals surface area contributed by atoms with Crippen molar-refractivity contribution < 1.29 is 14.3 Å². The summed E-state index contributed by atoms with van der Waals surface area (Å²) in [7, 11) is 2.75. The molecule has 0 aliphatic heterocycles. The summed E-state index contributed by atoms with van der Waals surface area (Å²) in [6.45, 7) is 2.16. The highest BCUT2D eigenvalue weighted by Crippen LogP contribution is 2.00. The van der Waals surface area contributed by atoms with E-state index in [9.17, 15) is 4.79 Å². The maximum absolute atomic E-state index is 10.8. The van der Waals surface area contributed by atoms with Crippen molar-refractivity contribution in [1.82, 2.24) is 0 Å². The van der Waals surface area contributed by atoms with Crippen LogP contribution in [0.15, 0.2) is 17.1 Å². The molecule has 0 radical (unpaired) electrons. The van der Waals surface area contributed by atoms with Crippen LogP contribution in [-0.2, 0) is 9.47 Å². The third-order valence-electron chi connectivity index (χ3n) is 1.82. The number of nitrogens with zero attached hydrogens (tertiary/aromatic N) is 1. The molecule has 0 N–H and O–H groups in total. The van der Waals surface area contributed by atoms with Crippen LogP contribution in [0.25, 0.3) is 0 Å². The molecule has 0 heterocycles. The van der Waals surface area contributed by atoms with Crippen molar-refractivity contribution in [1.29, 1.82) is 0 Å². The monoisotopic (exact) mass is 213 g/mol. The van der Waals surface area contributed by atoms with Gasteiger partial charge in [-0.1, -0.05) is 25.8 Å². The second-order valence-electron chi connectivity index (χ2n) is 3.02. The summed E-state index contributed by atoms with van der Waals surface area (Å²) in [5, 5.41) is 0. The number of unbranched alkanes of at least 4 members (excludes halogenated alkanes) is 3. The molecule has 0 bridgehead atoms. The quantitative estimate of drug-likeness (QED) is 0.401. The molecule has 0 aliphatic rings. The Labute approximate surface area is 91.0 Å². The van der Waals surface area contributed by atoms with Gasteiger partial charge < -0.3 is 9.47 Å². The lowest BCUT2D eigenvalue weighted by molar-refractivity contribution is 0.181. The van der Waals surface area contributed by atoms with Gasteiger partial charge in [0.1, 0.15) is 0 Å². The van der Waals surface area contributed by atoms with Crippen molar-refractivity contribution in [2.75, 3.05) is 14.2 Å². The summed E-state index contributed by atoms with van der Waals surface area (Å²) in [6.07, 6.45) is 7.50. The van der Waals surface area contributed by atoms with Crippen molar-refractivity contribution in [2.45, 2.75) is 32.6 Å². The van der Waals surface area contributed by atoms with E-state index >= 15 is 0 Å². The lowest BCUT2D eigenvalue weighted by Gasteiger charge is -1.98. The minimum Gasteiger partial charge on any atom is -0.481 e. The molecule has 0 rings (SSSR count). The molecule has 4 nitrogen and oxygen atoms in total. The molecular formula is C11H19NO3. The zero-order valence-corrected chi connectivity index (χ0v) is 9.66. The lowest BCUT2D eigenvalue weighted by atomic mass is 10.2. The van der Waals surface area contributed by atoms with E-state index in [1.54, 1.807) is 6.08 Å². The fraction of sp³-hybridized carbons (Fsp3) is 0.636. The zero-order chi connectivity index (χ0) is 11.5. The molecule has 0 spiro atoms. The molecule has 4 heteroatoms. The van der Waals surface area contributed by atoms with E-state index in [0.29, 0.717) is 0 Å². The van der Waals surface area contributed by atoms with Crippen molar-refractivity contribution >= 4 is 12.0 Å². The molecule has 0 aliphatic carbocycles. The zero-order valence-electron chi connectivity index (χ0n) is 9.66. The number of methoxy groups -OCH3 is 2. The van der Waals surface area contributed by atoms with Crippen LogP contribution in [0.2, 0.25) is 0 Å². The van der Waals surface area contributed by atoms with Gasteiger partial charge >= 0.3 is 6.09 Å².